The maximum atomic E-state index is 13.7. The maximum Gasteiger partial charge on any atom is 0.165 e. The molecule has 0 fully saturated rings. The lowest BCUT2D eigenvalue weighted by molar-refractivity contribution is 0.164. The molecule has 4 heteroatoms. The van der Waals surface area contributed by atoms with E-state index >= 15 is 0 Å². The van der Waals surface area contributed by atoms with E-state index in [1.165, 1.54) is 6.07 Å². The van der Waals surface area contributed by atoms with Crippen LogP contribution in [0.15, 0.2) is 48.5 Å². The number of rotatable bonds is 5. The van der Waals surface area contributed by atoms with Gasteiger partial charge in [0.05, 0.1) is 0 Å². The highest BCUT2D eigenvalue weighted by Gasteiger charge is 2.21. The van der Waals surface area contributed by atoms with E-state index in [0.717, 1.165) is 12.0 Å². The largest absolute Gasteiger partial charge is 0.481 e. The van der Waals surface area contributed by atoms with Gasteiger partial charge in [-0.3, -0.25) is 0 Å². The van der Waals surface area contributed by atoms with Crippen LogP contribution in [0.25, 0.3) is 0 Å². The molecule has 2 unspecified atom stereocenters. The Hall–Kier alpha value is -1.58. The van der Waals surface area contributed by atoms with Gasteiger partial charge in [0.15, 0.2) is 11.6 Å². The summed E-state index contributed by atoms with van der Waals surface area (Å²) in [5.74, 6) is -0.189. The van der Waals surface area contributed by atoms with E-state index in [2.05, 4.69) is 0 Å². The summed E-state index contributed by atoms with van der Waals surface area (Å²) in [7, 11) is 0. The van der Waals surface area contributed by atoms with Gasteiger partial charge in [0.1, 0.15) is 6.10 Å². The Labute approximate surface area is 123 Å². The molecular weight excluding hydrogens is 277 g/mol. The minimum atomic E-state index is -0.408. The van der Waals surface area contributed by atoms with Crippen molar-refractivity contribution in [3.63, 3.8) is 0 Å². The zero-order chi connectivity index (χ0) is 14.5. The third kappa shape index (κ3) is 3.50. The molecule has 0 spiro atoms. The van der Waals surface area contributed by atoms with Crippen LogP contribution in [0.3, 0.4) is 0 Å². The van der Waals surface area contributed by atoms with E-state index in [4.69, 9.17) is 22.1 Å². The van der Waals surface area contributed by atoms with Crippen molar-refractivity contribution >= 4 is 11.6 Å². The highest BCUT2D eigenvalue weighted by atomic mass is 35.5. The van der Waals surface area contributed by atoms with Gasteiger partial charge >= 0.3 is 0 Å². The van der Waals surface area contributed by atoms with Crippen molar-refractivity contribution in [1.29, 1.82) is 0 Å². The van der Waals surface area contributed by atoms with Crippen molar-refractivity contribution in [2.75, 3.05) is 0 Å². The van der Waals surface area contributed by atoms with E-state index in [0.29, 0.717) is 5.02 Å². The summed E-state index contributed by atoms with van der Waals surface area (Å²) < 4.78 is 19.5. The quantitative estimate of drug-likeness (QED) is 0.890. The van der Waals surface area contributed by atoms with Crippen LogP contribution in [0, 0.1) is 5.82 Å². The summed E-state index contributed by atoms with van der Waals surface area (Å²) in [6, 6.07) is 13.3. The average Bonchev–Trinajstić information content (AvgIpc) is 2.47. The Kier molecular flexibility index (Phi) is 4.99. The zero-order valence-corrected chi connectivity index (χ0v) is 12.0. The van der Waals surface area contributed by atoms with Gasteiger partial charge in [0, 0.05) is 11.1 Å². The summed E-state index contributed by atoms with van der Waals surface area (Å²) in [5, 5.41) is 0.642. The molecule has 106 valence electrons. The third-order valence-electron chi connectivity index (χ3n) is 3.15. The molecule has 2 aromatic rings. The Balaban J connectivity index is 2.29. The number of para-hydroxylation sites is 1. The summed E-state index contributed by atoms with van der Waals surface area (Å²) >= 11 is 5.88. The lowest BCUT2D eigenvalue weighted by atomic mass is 10.0. The lowest BCUT2D eigenvalue weighted by Gasteiger charge is -2.25. The predicted octanol–water partition coefficient (Wildman–Crippen LogP) is 4.34. The lowest BCUT2D eigenvalue weighted by Crippen LogP contribution is -2.31. The monoisotopic (exact) mass is 293 g/mol. The fourth-order valence-corrected chi connectivity index (χ4v) is 2.07. The van der Waals surface area contributed by atoms with E-state index in [1.807, 2.05) is 19.1 Å². The second kappa shape index (κ2) is 6.73. The topological polar surface area (TPSA) is 35.2 Å². The summed E-state index contributed by atoms with van der Waals surface area (Å²) in [6.45, 7) is 1.97. The van der Waals surface area contributed by atoms with Gasteiger partial charge in [-0.2, -0.15) is 0 Å². The van der Waals surface area contributed by atoms with Crippen LogP contribution in [-0.4, -0.2) is 6.04 Å². The fourth-order valence-electron chi connectivity index (χ4n) is 1.95. The predicted molar refractivity (Wildman–Crippen MR) is 79.5 cm³/mol. The molecule has 20 heavy (non-hydrogen) atoms. The molecular formula is C16H17ClFNO. The van der Waals surface area contributed by atoms with Gasteiger partial charge in [-0.15, -0.1) is 0 Å². The first-order valence-electron chi connectivity index (χ1n) is 6.54. The van der Waals surface area contributed by atoms with Crippen LogP contribution in [0.4, 0.5) is 4.39 Å². The number of nitrogens with two attached hydrogens (primary N) is 1. The molecule has 2 N–H and O–H groups in total. The van der Waals surface area contributed by atoms with Crippen molar-refractivity contribution in [1.82, 2.24) is 0 Å². The van der Waals surface area contributed by atoms with E-state index < -0.39 is 11.9 Å². The molecule has 0 saturated heterocycles. The number of hydrogen-bond donors (Lipinski definition) is 1. The molecule has 0 aliphatic heterocycles. The zero-order valence-electron chi connectivity index (χ0n) is 11.2. The van der Waals surface area contributed by atoms with Crippen molar-refractivity contribution in [2.45, 2.75) is 25.5 Å². The van der Waals surface area contributed by atoms with E-state index in [1.54, 1.807) is 30.3 Å². The first-order valence-corrected chi connectivity index (χ1v) is 6.92. The first kappa shape index (κ1) is 14.8. The second-order valence-corrected chi connectivity index (χ2v) is 5.03. The molecule has 2 aromatic carbocycles. The van der Waals surface area contributed by atoms with Crippen LogP contribution < -0.4 is 10.5 Å². The molecule has 0 saturated carbocycles. The van der Waals surface area contributed by atoms with E-state index in [9.17, 15) is 4.39 Å². The Bertz CT molecular complexity index is 559. The molecule has 0 radical (unpaired) electrons. The van der Waals surface area contributed by atoms with Crippen molar-refractivity contribution in [3.8, 4) is 5.75 Å². The molecule has 0 aromatic heterocycles. The molecule has 2 atom stereocenters. The van der Waals surface area contributed by atoms with Crippen LogP contribution in [0.2, 0.25) is 5.02 Å². The van der Waals surface area contributed by atoms with Crippen LogP contribution in [-0.2, 0) is 0 Å². The van der Waals surface area contributed by atoms with Crippen molar-refractivity contribution in [3.05, 3.63) is 64.9 Å². The molecule has 0 aliphatic rings. The molecule has 0 aliphatic carbocycles. The average molecular weight is 294 g/mol. The van der Waals surface area contributed by atoms with Gasteiger partial charge in [-0.25, -0.2) is 4.39 Å². The van der Waals surface area contributed by atoms with Gasteiger partial charge in [0.25, 0.3) is 0 Å². The highest BCUT2D eigenvalue weighted by Crippen LogP contribution is 2.28. The number of halogens is 2. The first-order chi connectivity index (χ1) is 9.61. The Morgan fingerprint density at radius 2 is 1.80 bits per heavy atom. The van der Waals surface area contributed by atoms with Gasteiger partial charge in [-0.1, -0.05) is 42.8 Å². The van der Waals surface area contributed by atoms with Crippen molar-refractivity contribution < 1.29 is 9.13 Å². The Morgan fingerprint density at radius 3 is 2.40 bits per heavy atom. The number of hydrogen-bond acceptors (Lipinski definition) is 2. The van der Waals surface area contributed by atoms with Crippen LogP contribution in [0.1, 0.15) is 25.0 Å². The summed E-state index contributed by atoms with van der Waals surface area (Å²) in [6.07, 6.45) is 0.316. The number of benzene rings is 2. The summed E-state index contributed by atoms with van der Waals surface area (Å²) in [5.41, 5.74) is 6.99. The summed E-state index contributed by atoms with van der Waals surface area (Å²) in [4.78, 5) is 0. The van der Waals surface area contributed by atoms with Gasteiger partial charge in [0.2, 0.25) is 0 Å². The SMILES string of the molecule is CCC(N)C(Oc1ccccc1F)c1ccc(Cl)cc1. The minimum Gasteiger partial charge on any atom is -0.481 e. The smallest absolute Gasteiger partial charge is 0.165 e. The van der Waals surface area contributed by atoms with Gasteiger partial charge < -0.3 is 10.5 Å². The standard InChI is InChI=1S/C16H17ClFNO/c1-2-14(19)16(11-7-9-12(17)10-8-11)20-15-6-4-3-5-13(15)18/h3-10,14,16H,2,19H2,1H3. The van der Waals surface area contributed by atoms with Crippen LogP contribution in [0.5, 0.6) is 5.75 Å². The maximum absolute atomic E-state index is 13.7. The minimum absolute atomic E-state index is 0.205. The molecule has 0 heterocycles. The normalized spacial score (nSPS) is 13.8. The Morgan fingerprint density at radius 1 is 1.15 bits per heavy atom. The fraction of sp³-hybridized carbons (Fsp3) is 0.250. The third-order valence-corrected chi connectivity index (χ3v) is 3.40. The highest BCUT2D eigenvalue weighted by molar-refractivity contribution is 6.30. The number of ether oxygens (including phenoxy) is 1. The molecule has 2 rings (SSSR count). The second-order valence-electron chi connectivity index (χ2n) is 4.59. The van der Waals surface area contributed by atoms with Crippen molar-refractivity contribution in [2.24, 2.45) is 5.73 Å². The molecule has 2 nitrogen and oxygen atoms in total. The van der Waals surface area contributed by atoms with Crippen LogP contribution >= 0.6 is 11.6 Å². The molecule has 0 amide bonds. The van der Waals surface area contributed by atoms with E-state index in [-0.39, 0.29) is 11.8 Å². The van der Waals surface area contributed by atoms with Gasteiger partial charge in [-0.05, 0) is 36.2 Å². The molecule has 0 bridgehead atoms.